The summed E-state index contributed by atoms with van der Waals surface area (Å²) in [5.41, 5.74) is 2.60. The molecule has 0 saturated heterocycles. The monoisotopic (exact) mass is 483 g/mol. The Bertz CT molecular complexity index is 676. The zero-order valence-corrected chi connectivity index (χ0v) is 21.2. The number of rotatable bonds is 8. The van der Waals surface area contributed by atoms with E-state index in [1.165, 1.54) is 88.3 Å². The largest absolute Gasteiger partial charge is 0.317 e. The van der Waals surface area contributed by atoms with Crippen molar-refractivity contribution in [3.63, 3.8) is 0 Å². The van der Waals surface area contributed by atoms with Crippen LogP contribution in [0.25, 0.3) is 0 Å². The van der Waals surface area contributed by atoms with Crippen LogP contribution in [-0.4, -0.2) is 13.1 Å². The lowest BCUT2D eigenvalue weighted by Crippen LogP contribution is -2.43. The van der Waals surface area contributed by atoms with E-state index in [0.29, 0.717) is 5.92 Å². The minimum absolute atomic E-state index is 0. The molecule has 1 N–H and O–H groups in total. The van der Waals surface area contributed by atoms with Gasteiger partial charge in [-0.25, -0.2) is 0 Å². The van der Waals surface area contributed by atoms with E-state index < -0.39 is 0 Å². The summed E-state index contributed by atoms with van der Waals surface area (Å²) in [6.45, 7) is 2.27. The molecule has 6 rings (SSSR count). The lowest BCUT2D eigenvalue weighted by Gasteiger charge is -2.55. The van der Waals surface area contributed by atoms with Gasteiger partial charge in [-0.05, 0) is 123 Å². The predicted octanol–water partition coefficient (Wildman–Crippen LogP) is 8.45. The first-order valence-electron chi connectivity index (χ1n) is 12.9. The molecule has 4 heteroatoms. The predicted molar refractivity (Wildman–Crippen MR) is 136 cm³/mol. The van der Waals surface area contributed by atoms with Crippen molar-refractivity contribution in [3.05, 3.63) is 33.3 Å². The highest BCUT2D eigenvalue weighted by atomic mass is 35.5. The summed E-state index contributed by atoms with van der Waals surface area (Å²) in [4.78, 5) is 0. The summed E-state index contributed by atoms with van der Waals surface area (Å²) < 4.78 is 0. The Kier molecular flexibility index (Phi) is 8.57. The average Bonchev–Trinajstić information content (AvgIpc) is 2.72. The molecule has 0 radical (unpaired) electrons. The molecule has 4 bridgehead atoms. The van der Waals surface area contributed by atoms with E-state index in [1.54, 1.807) is 0 Å². The van der Waals surface area contributed by atoms with E-state index in [4.69, 9.17) is 23.2 Å². The molecule has 5 saturated carbocycles. The Morgan fingerprint density at radius 2 is 1.42 bits per heavy atom. The molecule has 0 unspecified atom stereocenters. The molecule has 0 aliphatic heterocycles. The van der Waals surface area contributed by atoms with Crippen LogP contribution in [0.4, 0.5) is 0 Å². The van der Waals surface area contributed by atoms with Crippen molar-refractivity contribution in [2.24, 2.45) is 29.6 Å². The van der Waals surface area contributed by atoms with Crippen LogP contribution in [0.15, 0.2) is 12.1 Å². The topological polar surface area (TPSA) is 12.0 Å². The molecule has 1 nitrogen and oxygen atoms in total. The van der Waals surface area contributed by atoms with E-state index in [9.17, 15) is 0 Å². The van der Waals surface area contributed by atoms with Crippen molar-refractivity contribution >= 4 is 35.6 Å². The van der Waals surface area contributed by atoms with E-state index in [-0.39, 0.29) is 12.4 Å². The quantitative estimate of drug-likeness (QED) is 0.365. The van der Waals surface area contributed by atoms with Gasteiger partial charge in [-0.2, -0.15) is 0 Å². The normalized spacial score (nSPS) is 32.3. The lowest BCUT2D eigenvalue weighted by molar-refractivity contribution is -0.00272. The van der Waals surface area contributed by atoms with Crippen molar-refractivity contribution in [2.45, 2.75) is 89.4 Å². The molecule has 5 aliphatic carbocycles. The SMILES string of the molecule is Cl.Clc1cc(CCCNCCC2CCCCC2)cc(Cl)c1C1C2CC3CC(C2)CC1C3. The van der Waals surface area contributed by atoms with Gasteiger partial charge in [0.25, 0.3) is 0 Å². The molecule has 1 aromatic carbocycles. The fourth-order valence-corrected chi connectivity index (χ4v) is 8.60. The number of aryl methyl sites for hydroxylation is 1. The first-order chi connectivity index (χ1) is 14.7. The molecule has 5 aliphatic rings. The van der Waals surface area contributed by atoms with Gasteiger partial charge in [0.2, 0.25) is 0 Å². The summed E-state index contributed by atoms with van der Waals surface area (Å²) in [7, 11) is 0. The number of nitrogens with one attached hydrogen (secondary N) is 1. The van der Waals surface area contributed by atoms with Gasteiger partial charge in [-0.1, -0.05) is 55.3 Å². The van der Waals surface area contributed by atoms with Gasteiger partial charge < -0.3 is 5.32 Å². The molecule has 0 heterocycles. The van der Waals surface area contributed by atoms with Crippen molar-refractivity contribution in [2.75, 3.05) is 13.1 Å². The van der Waals surface area contributed by atoms with Gasteiger partial charge in [0.05, 0.1) is 0 Å². The molecule has 174 valence electrons. The van der Waals surface area contributed by atoms with Gasteiger partial charge in [-0.15, -0.1) is 12.4 Å². The van der Waals surface area contributed by atoms with E-state index in [1.807, 2.05) is 0 Å². The van der Waals surface area contributed by atoms with Crippen molar-refractivity contribution in [3.8, 4) is 0 Å². The second-order valence-corrected chi connectivity index (χ2v) is 11.9. The Labute approximate surface area is 205 Å². The number of benzene rings is 1. The average molecular weight is 485 g/mol. The van der Waals surface area contributed by atoms with Crippen LogP contribution in [0.1, 0.15) is 94.1 Å². The number of hydrogen-bond acceptors (Lipinski definition) is 1. The van der Waals surface area contributed by atoms with Crippen LogP contribution in [0.5, 0.6) is 0 Å². The minimum atomic E-state index is 0. The zero-order chi connectivity index (χ0) is 20.5. The Balaban J connectivity index is 0.00000231. The number of halogens is 3. The highest BCUT2D eigenvalue weighted by Gasteiger charge is 2.49. The Morgan fingerprint density at radius 1 is 0.806 bits per heavy atom. The van der Waals surface area contributed by atoms with Crippen molar-refractivity contribution in [1.29, 1.82) is 0 Å². The lowest BCUT2D eigenvalue weighted by atomic mass is 9.50. The number of hydrogen-bond donors (Lipinski definition) is 1. The van der Waals surface area contributed by atoms with Crippen LogP contribution < -0.4 is 5.32 Å². The standard InChI is InChI=1S/C27H39Cl2N.ClH/c28-24-16-19(7-4-9-30-10-8-18-5-2-1-3-6-18)17-25(29)27(24)26-22-12-20-11-21(14-22)15-23(26)13-20;/h16-18,20-23,26,30H,1-15H2;1H. The van der Waals surface area contributed by atoms with Crippen molar-refractivity contribution in [1.82, 2.24) is 5.32 Å². The summed E-state index contributed by atoms with van der Waals surface area (Å²) in [5, 5.41) is 5.55. The smallest absolute Gasteiger partial charge is 0.0458 e. The van der Waals surface area contributed by atoms with Crippen LogP contribution >= 0.6 is 35.6 Å². The Hall–Kier alpha value is 0.0500. The third-order valence-corrected chi connectivity index (χ3v) is 9.60. The van der Waals surface area contributed by atoms with E-state index >= 15 is 0 Å². The highest BCUT2D eigenvalue weighted by molar-refractivity contribution is 6.36. The summed E-state index contributed by atoms with van der Waals surface area (Å²) >= 11 is 13.8. The van der Waals surface area contributed by atoms with Gasteiger partial charge in [-0.3, -0.25) is 0 Å². The molecule has 0 amide bonds. The van der Waals surface area contributed by atoms with Gasteiger partial charge in [0.15, 0.2) is 0 Å². The molecule has 1 aromatic rings. The van der Waals surface area contributed by atoms with Crippen LogP contribution in [-0.2, 0) is 6.42 Å². The van der Waals surface area contributed by atoms with E-state index in [2.05, 4.69) is 17.4 Å². The van der Waals surface area contributed by atoms with E-state index in [0.717, 1.165) is 59.0 Å². The molecule has 0 aromatic heterocycles. The fraction of sp³-hybridized carbons (Fsp3) is 0.778. The summed E-state index contributed by atoms with van der Waals surface area (Å²) in [6, 6.07) is 4.46. The maximum atomic E-state index is 6.88. The van der Waals surface area contributed by atoms with Gasteiger partial charge >= 0.3 is 0 Å². The molecular weight excluding hydrogens is 445 g/mol. The first-order valence-corrected chi connectivity index (χ1v) is 13.6. The fourth-order valence-electron chi connectivity index (χ4n) is 7.82. The molecular formula is C27H40Cl3N. The zero-order valence-electron chi connectivity index (χ0n) is 18.9. The molecule has 31 heavy (non-hydrogen) atoms. The molecule has 0 atom stereocenters. The van der Waals surface area contributed by atoms with Crippen LogP contribution in [0.2, 0.25) is 10.0 Å². The molecule has 5 fully saturated rings. The molecule has 0 spiro atoms. The third-order valence-electron chi connectivity index (χ3n) is 8.97. The second-order valence-electron chi connectivity index (χ2n) is 11.1. The Morgan fingerprint density at radius 3 is 2.03 bits per heavy atom. The van der Waals surface area contributed by atoms with Crippen LogP contribution in [0, 0.1) is 29.6 Å². The maximum absolute atomic E-state index is 6.88. The van der Waals surface area contributed by atoms with Gasteiger partial charge in [0.1, 0.15) is 0 Å². The summed E-state index contributed by atoms with van der Waals surface area (Å²) in [5.74, 6) is 5.23. The highest BCUT2D eigenvalue weighted by Crippen LogP contribution is 2.61. The summed E-state index contributed by atoms with van der Waals surface area (Å²) in [6.07, 6.45) is 18.0. The van der Waals surface area contributed by atoms with Crippen molar-refractivity contribution < 1.29 is 0 Å². The van der Waals surface area contributed by atoms with Crippen LogP contribution in [0.3, 0.4) is 0 Å². The first kappa shape index (κ1) is 24.2. The second kappa shape index (κ2) is 11.0. The minimum Gasteiger partial charge on any atom is -0.317 e. The van der Waals surface area contributed by atoms with Gasteiger partial charge in [0, 0.05) is 10.0 Å². The maximum Gasteiger partial charge on any atom is 0.0458 e. The third kappa shape index (κ3) is 5.59.